The van der Waals surface area contributed by atoms with E-state index in [1.54, 1.807) is 14.0 Å². The van der Waals surface area contributed by atoms with Gasteiger partial charge in [0.2, 0.25) is 0 Å². The summed E-state index contributed by atoms with van der Waals surface area (Å²) in [5.41, 5.74) is 0.420. The van der Waals surface area contributed by atoms with Crippen molar-refractivity contribution in [1.29, 1.82) is 0 Å². The summed E-state index contributed by atoms with van der Waals surface area (Å²) < 4.78 is 93.0. The van der Waals surface area contributed by atoms with Crippen LogP contribution in [0, 0.1) is 0 Å². The van der Waals surface area contributed by atoms with Crippen LogP contribution in [0.1, 0.15) is 56.7 Å². The molecule has 1 aromatic heterocycles. The minimum Gasteiger partial charge on any atom is -0.501 e. The Kier molecular flexibility index (Phi) is 10.2. The Balaban J connectivity index is 1.48. The highest BCUT2D eigenvalue weighted by molar-refractivity contribution is 5.75. The number of carbonyl (C=O) groups excluding carboxylic acids is 1. The predicted octanol–water partition coefficient (Wildman–Crippen LogP) is 7.71. The molecule has 0 spiro atoms. The van der Waals surface area contributed by atoms with Crippen molar-refractivity contribution in [2.24, 2.45) is 0 Å². The lowest BCUT2D eigenvalue weighted by atomic mass is 9.92. The van der Waals surface area contributed by atoms with Gasteiger partial charge in [0.25, 0.3) is 0 Å². The first kappa shape index (κ1) is 34.3. The molecule has 0 saturated carbocycles. The highest BCUT2D eigenvalue weighted by atomic mass is 19.4. The molecular formula is C34H37F6N3O4. The van der Waals surface area contributed by atoms with Crippen molar-refractivity contribution >= 4 is 17.5 Å². The summed E-state index contributed by atoms with van der Waals surface area (Å²) in [5, 5.41) is 9.39. The lowest BCUT2D eigenvalue weighted by molar-refractivity contribution is -0.0937. The van der Waals surface area contributed by atoms with Gasteiger partial charge in [-0.05, 0) is 86.1 Å². The van der Waals surface area contributed by atoms with E-state index in [-0.39, 0.29) is 37.6 Å². The molecule has 1 amide bonds. The summed E-state index contributed by atoms with van der Waals surface area (Å²) >= 11 is 0. The second-order valence-electron chi connectivity index (χ2n) is 11.9. The molecule has 0 bridgehead atoms. The van der Waals surface area contributed by atoms with E-state index in [1.165, 1.54) is 4.90 Å². The van der Waals surface area contributed by atoms with Gasteiger partial charge in [0, 0.05) is 31.7 Å². The molecule has 47 heavy (non-hydrogen) atoms. The molecule has 2 unspecified atom stereocenters. The SMILES string of the molecule is COC1=CC=C(CCCO)C=C(c2ccc(N3CCC3)nc2CN2C(=O)OC(/C3=C/C(C(F)(F)F)=C\C(C(F)(F)F)=C/CC3)C2C)C1. The van der Waals surface area contributed by atoms with Gasteiger partial charge in [-0.1, -0.05) is 18.2 Å². The molecule has 2 aliphatic heterocycles. The van der Waals surface area contributed by atoms with Crippen LogP contribution in [0.5, 0.6) is 0 Å². The lowest BCUT2D eigenvalue weighted by Gasteiger charge is -2.33. The van der Waals surface area contributed by atoms with Crippen LogP contribution in [-0.2, 0) is 16.0 Å². The number of anilines is 1. The zero-order chi connectivity index (χ0) is 33.9. The maximum absolute atomic E-state index is 13.9. The molecular weight excluding hydrogens is 628 g/mol. The second kappa shape index (κ2) is 14.0. The van der Waals surface area contributed by atoms with Gasteiger partial charge < -0.3 is 19.5 Å². The molecule has 3 heterocycles. The van der Waals surface area contributed by atoms with Crippen molar-refractivity contribution in [3.05, 3.63) is 87.9 Å². The highest BCUT2D eigenvalue weighted by Crippen LogP contribution is 2.39. The zero-order valence-corrected chi connectivity index (χ0v) is 26.1. The molecule has 2 fully saturated rings. The summed E-state index contributed by atoms with van der Waals surface area (Å²) in [6.07, 6.45) is -2.20. The fourth-order valence-corrected chi connectivity index (χ4v) is 6.03. The molecule has 1 N–H and O–H groups in total. The largest absolute Gasteiger partial charge is 0.501 e. The monoisotopic (exact) mass is 665 g/mol. The topological polar surface area (TPSA) is 75.1 Å². The van der Waals surface area contributed by atoms with E-state index in [0.717, 1.165) is 48.1 Å². The number of rotatable bonds is 9. The molecule has 0 radical (unpaired) electrons. The average Bonchev–Trinajstić information content (AvgIpc) is 3.11. The number of cyclic esters (lactones) is 1. The number of ether oxygens (including phenoxy) is 2. The molecule has 2 saturated heterocycles. The Morgan fingerprint density at radius 3 is 2.43 bits per heavy atom. The fraction of sp³-hybridized carbons (Fsp3) is 0.471. The highest BCUT2D eigenvalue weighted by Gasteiger charge is 2.44. The van der Waals surface area contributed by atoms with Gasteiger partial charge in [-0.15, -0.1) is 0 Å². The van der Waals surface area contributed by atoms with Crippen LogP contribution < -0.4 is 4.90 Å². The van der Waals surface area contributed by atoms with Gasteiger partial charge in [0.15, 0.2) is 0 Å². The van der Waals surface area contributed by atoms with Crippen molar-refractivity contribution < 1.29 is 45.7 Å². The van der Waals surface area contributed by atoms with E-state index < -0.39 is 41.7 Å². The molecule has 13 heteroatoms. The normalized spacial score (nSPS) is 25.8. The predicted molar refractivity (Wildman–Crippen MR) is 164 cm³/mol. The van der Waals surface area contributed by atoms with Gasteiger partial charge in [-0.25, -0.2) is 9.78 Å². The number of pyridine rings is 1. The fourth-order valence-electron chi connectivity index (χ4n) is 6.03. The smallest absolute Gasteiger partial charge is 0.416 e. The number of halogens is 6. The Morgan fingerprint density at radius 2 is 1.79 bits per heavy atom. The Morgan fingerprint density at radius 1 is 1.04 bits per heavy atom. The van der Waals surface area contributed by atoms with Crippen molar-refractivity contribution in [2.75, 3.05) is 31.7 Å². The van der Waals surface area contributed by atoms with Gasteiger partial charge >= 0.3 is 18.4 Å². The van der Waals surface area contributed by atoms with Gasteiger partial charge in [0.05, 0.1) is 42.3 Å². The van der Waals surface area contributed by atoms with Crippen LogP contribution in [0.25, 0.3) is 5.57 Å². The van der Waals surface area contributed by atoms with Gasteiger partial charge in [-0.3, -0.25) is 4.90 Å². The van der Waals surface area contributed by atoms with Crippen molar-refractivity contribution in [2.45, 2.75) is 76.5 Å². The first-order chi connectivity index (χ1) is 22.3. The van der Waals surface area contributed by atoms with E-state index in [0.29, 0.717) is 36.8 Å². The molecule has 2 aliphatic carbocycles. The average molecular weight is 666 g/mol. The number of hydrogen-bond acceptors (Lipinski definition) is 6. The molecule has 254 valence electrons. The Hall–Kier alpha value is -4.00. The van der Waals surface area contributed by atoms with Crippen LogP contribution in [0.2, 0.25) is 0 Å². The van der Waals surface area contributed by atoms with E-state index in [4.69, 9.17) is 14.5 Å². The second-order valence-corrected chi connectivity index (χ2v) is 11.9. The third-order valence-electron chi connectivity index (χ3n) is 8.76. The Labute approximate surface area is 269 Å². The molecule has 4 aliphatic rings. The van der Waals surface area contributed by atoms with Crippen LogP contribution in [0.15, 0.2) is 76.6 Å². The van der Waals surface area contributed by atoms with E-state index >= 15 is 0 Å². The lowest BCUT2D eigenvalue weighted by Crippen LogP contribution is -2.38. The first-order valence-electron chi connectivity index (χ1n) is 15.5. The number of nitrogens with zero attached hydrogens (tertiary/aromatic N) is 3. The molecule has 2 atom stereocenters. The number of carbonyl (C=O) groups is 1. The third kappa shape index (κ3) is 7.94. The number of allylic oxidation sites excluding steroid dienone is 10. The third-order valence-corrected chi connectivity index (χ3v) is 8.76. The molecule has 1 aromatic rings. The van der Waals surface area contributed by atoms with E-state index in [1.807, 2.05) is 30.4 Å². The van der Waals surface area contributed by atoms with E-state index in [2.05, 4.69) is 4.90 Å². The number of methoxy groups -OCH3 is 1. The minimum absolute atomic E-state index is 0.0139. The van der Waals surface area contributed by atoms with E-state index in [9.17, 15) is 36.2 Å². The summed E-state index contributed by atoms with van der Waals surface area (Å²) in [6.45, 7) is 3.33. The van der Waals surface area contributed by atoms with Crippen molar-refractivity contribution in [3.63, 3.8) is 0 Å². The number of aromatic nitrogens is 1. The summed E-state index contributed by atoms with van der Waals surface area (Å²) in [7, 11) is 1.58. The molecule has 0 aromatic carbocycles. The maximum atomic E-state index is 13.9. The van der Waals surface area contributed by atoms with Gasteiger partial charge in [-0.2, -0.15) is 26.3 Å². The quantitative estimate of drug-likeness (QED) is 0.273. The van der Waals surface area contributed by atoms with Crippen LogP contribution in [0.4, 0.5) is 37.0 Å². The minimum atomic E-state index is -5.05. The number of aliphatic hydroxyl groups excluding tert-OH is 1. The van der Waals surface area contributed by atoms with Crippen molar-refractivity contribution in [1.82, 2.24) is 9.88 Å². The van der Waals surface area contributed by atoms with Crippen molar-refractivity contribution in [3.8, 4) is 0 Å². The summed E-state index contributed by atoms with van der Waals surface area (Å²) in [4.78, 5) is 21.8. The maximum Gasteiger partial charge on any atom is 0.416 e. The Bertz CT molecular complexity index is 1550. The standard InChI is InChI=1S/C34H37F6N3O4/c1-21-31(23-7-3-8-25(33(35,36)37)19-26(17-23)34(38,39)40)47-32(45)43(21)20-29-28(11-12-30(41-29)42-13-5-14-42)24-16-22(6-4-15-44)9-10-27(18-24)46-2/h8-12,16-17,19,21,31,44H,3-7,13-15,18,20H2,1-2H3/b23-17+,25-8+,26-19+. The molecule has 7 nitrogen and oxygen atoms in total. The van der Waals surface area contributed by atoms with Crippen LogP contribution >= 0.6 is 0 Å². The number of aliphatic hydroxyl groups is 1. The molecule has 5 rings (SSSR count). The van der Waals surface area contributed by atoms with Crippen LogP contribution in [-0.4, -0.2) is 72.4 Å². The summed E-state index contributed by atoms with van der Waals surface area (Å²) in [6, 6.07) is 3.11. The number of amides is 1. The summed E-state index contributed by atoms with van der Waals surface area (Å²) in [5.74, 6) is 1.43. The number of alkyl halides is 6. The van der Waals surface area contributed by atoms with Crippen LogP contribution in [0.3, 0.4) is 0 Å². The number of hydrogen-bond donors (Lipinski definition) is 1. The van der Waals surface area contributed by atoms with Gasteiger partial charge in [0.1, 0.15) is 11.9 Å². The first-order valence-corrected chi connectivity index (χ1v) is 15.5. The zero-order valence-electron chi connectivity index (χ0n) is 26.1.